The highest BCUT2D eigenvalue weighted by atomic mass is 32.1. The number of H-pyrrole nitrogens is 1. The fourth-order valence-corrected chi connectivity index (χ4v) is 3.32. The van der Waals surface area contributed by atoms with Crippen molar-refractivity contribution in [1.29, 1.82) is 0 Å². The van der Waals surface area contributed by atoms with Gasteiger partial charge in [0.05, 0.1) is 17.4 Å². The highest BCUT2D eigenvalue weighted by Gasteiger charge is 2.12. The van der Waals surface area contributed by atoms with Crippen LogP contribution in [0, 0.1) is 6.92 Å². The molecule has 2 heterocycles. The van der Waals surface area contributed by atoms with E-state index in [0.717, 1.165) is 4.88 Å². The van der Waals surface area contributed by atoms with E-state index in [9.17, 15) is 9.59 Å². The molecule has 25 heavy (non-hydrogen) atoms. The van der Waals surface area contributed by atoms with Crippen molar-refractivity contribution >= 4 is 34.2 Å². The maximum atomic E-state index is 12.4. The number of carbonyl (C=O) groups excluding carboxylic acids is 1. The smallest absolute Gasteiger partial charge is 0.258 e. The quantitative estimate of drug-likeness (QED) is 0.715. The number of amides is 1. The second-order valence-electron chi connectivity index (χ2n) is 5.66. The second-order valence-corrected chi connectivity index (χ2v) is 6.98. The van der Waals surface area contributed by atoms with E-state index < -0.39 is 0 Å². The minimum Gasteiger partial charge on any atom is -0.332 e. The van der Waals surface area contributed by atoms with Crippen molar-refractivity contribution in [2.75, 3.05) is 6.54 Å². The summed E-state index contributed by atoms with van der Waals surface area (Å²) in [4.78, 5) is 35.7. The average Bonchev–Trinajstić information content (AvgIpc) is 3.03. The zero-order valence-corrected chi connectivity index (χ0v) is 15.0. The number of carbonyl (C=O) groups is 1. The normalized spacial score (nSPS) is 11.3. The van der Waals surface area contributed by atoms with Crippen molar-refractivity contribution in [3.8, 4) is 0 Å². The summed E-state index contributed by atoms with van der Waals surface area (Å²) in [5, 5.41) is 0.550. The van der Waals surface area contributed by atoms with Crippen molar-refractivity contribution in [3.63, 3.8) is 0 Å². The molecule has 6 heteroatoms. The lowest BCUT2D eigenvalue weighted by atomic mass is 10.2. The van der Waals surface area contributed by atoms with E-state index in [1.165, 1.54) is 4.88 Å². The molecule has 0 saturated carbocycles. The van der Waals surface area contributed by atoms with Crippen molar-refractivity contribution in [1.82, 2.24) is 14.9 Å². The zero-order valence-electron chi connectivity index (χ0n) is 14.2. The Kier molecular flexibility index (Phi) is 5.09. The van der Waals surface area contributed by atoms with E-state index in [2.05, 4.69) is 9.97 Å². The van der Waals surface area contributed by atoms with Gasteiger partial charge in [-0.3, -0.25) is 9.59 Å². The predicted molar refractivity (Wildman–Crippen MR) is 102 cm³/mol. The molecule has 0 spiro atoms. The number of thiophene rings is 1. The maximum absolute atomic E-state index is 12.4. The summed E-state index contributed by atoms with van der Waals surface area (Å²) < 4.78 is 0. The third-order valence-electron chi connectivity index (χ3n) is 3.85. The molecule has 0 aliphatic rings. The summed E-state index contributed by atoms with van der Waals surface area (Å²) in [6.45, 7) is 4.73. The molecular weight excluding hydrogens is 334 g/mol. The number of fused-ring (bicyclic) bond motifs is 1. The van der Waals surface area contributed by atoms with Crippen LogP contribution in [-0.4, -0.2) is 27.3 Å². The van der Waals surface area contributed by atoms with Gasteiger partial charge in [-0.1, -0.05) is 12.1 Å². The molecule has 0 radical (unpaired) electrons. The number of aromatic amines is 1. The molecule has 2 aromatic heterocycles. The van der Waals surface area contributed by atoms with Crippen LogP contribution in [0.4, 0.5) is 0 Å². The number of para-hydroxylation sites is 1. The molecule has 3 aromatic rings. The van der Waals surface area contributed by atoms with E-state index in [1.807, 2.05) is 38.1 Å². The van der Waals surface area contributed by atoms with Crippen LogP contribution in [0.3, 0.4) is 0 Å². The summed E-state index contributed by atoms with van der Waals surface area (Å²) in [5.74, 6) is 0.378. The first-order valence-electron chi connectivity index (χ1n) is 8.08. The molecule has 1 N–H and O–H groups in total. The summed E-state index contributed by atoms with van der Waals surface area (Å²) >= 11 is 1.64. The second kappa shape index (κ2) is 7.44. The standard InChI is InChI=1S/C19H19N3O2S/c1-3-22(18(23)11-10-14-9-8-13(2)25-14)12-17-20-16-7-5-4-6-15(16)19(24)21-17/h4-11H,3,12H2,1-2H3,(H,20,21,24)/b11-10+. The first-order chi connectivity index (χ1) is 12.1. The monoisotopic (exact) mass is 353 g/mol. The van der Waals surface area contributed by atoms with Crippen LogP contribution in [0.1, 0.15) is 22.5 Å². The van der Waals surface area contributed by atoms with E-state index in [0.29, 0.717) is 23.3 Å². The fraction of sp³-hybridized carbons (Fsp3) is 0.211. The van der Waals surface area contributed by atoms with Gasteiger partial charge in [-0.25, -0.2) is 4.98 Å². The van der Waals surface area contributed by atoms with E-state index >= 15 is 0 Å². The Hall–Kier alpha value is -2.73. The Morgan fingerprint density at radius 1 is 1.28 bits per heavy atom. The average molecular weight is 353 g/mol. The topological polar surface area (TPSA) is 66.1 Å². The highest BCUT2D eigenvalue weighted by molar-refractivity contribution is 7.12. The van der Waals surface area contributed by atoms with Gasteiger partial charge in [-0.2, -0.15) is 0 Å². The summed E-state index contributed by atoms with van der Waals surface area (Å²) in [5.41, 5.74) is 0.447. The molecule has 0 unspecified atom stereocenters. The maximum Gasteiger partial charge on any atom is 0.258 e. The molecule has 0 aliphatic carbocycles. The van der Waals surface area contributed by atoms with Crippen LogP contribution in [0.25, 0.3) is 17.0 Å². The van der Waals surface area contributed by atoms with Crippen molar-refractivity contribution in [2.24, 2.45) is 0 Å². The molecule has 0 bridgehead atoms. The number of nitrogens with zero attached hydrogens (tertiary/aromatic N) is 2. The number of hydrogen-bond donors (Lipinski definition) is 1. The third-order valence-corrected chi connectivity index (χ3v) is 4.81. The Morgan fingerprint density at radius 2 is 2.08 bits per heavy atom. The van der Waals surface area contributed by atoms with Crippen LogP contribution in [-0.2, 0) is 11.3 Å². The zero-order chi connectivity index (χ0) is 17.8. The number of nitrogens with one attached hydrogen (secondary N) is 1. The summed E-state index contributed by atoms with van der Waals surface area (Å²) in [6.07, 6.45) is 3.38. The van der Waals surface area contributed by atoms with Crippen LogP contribution in [0.15, 0.2) is 47.3 Å². The van der Waals surface area contributed by atoms with Crippen molar-refractivity contribution < 1.29 is 4.79 Å². The van der Waals surface area contributed by atoms with Gasteiger partial charge in [0.15, 0.2) is 0 Å². The van der Waals surface area contributed by atoms with Gasteiger partial charge in [-0.15, -0.1) is 11.3 Å². The predicted octanol–water partition coefficient (Wildman–Crippen LogP) is 3.35. The Bertz CT molecular complexity index is 987. The SMILES string of the molecule is CCN(Cc1nc2ccccc2c(=O)[nH]1)C(=O)/C=C/c1ccc(C)s1. The summed E-state index contributed by atoms with van der Waals surface area (Å²) in [7, 11) is 0. The number of rotatable bonds is 5. The minimum atomic E-state index is -0.186. The van der Waals surface area contributed by atoms with Crippen LogP contribution in [0.5, 0.6) is 0 Å². The fourth-order valence-electron chi connectivity index (χ4n) is 2.54. The highest BCUT2D eigenvalue weighted by Crippen LogP contribution is 2.16. The van der Waals surface area contributed by atoms with Gasteiger partial charge in [-0.05, 0) is 44.2 Å². The van der Waals surface area contributed by atoms with E-state index in [4.69, 9.17) is 0 Å². The van der Waals surface area contributed by atoms with Gasteiger partial charge in [0.1, 0.15) is 5.82 Å². The van der Waals surface area contributed by atoms with E-state index in [1.54, 1.807) is 40.5 Å². The largest absolute Gasteiger partial charge is 0.332 e. The Labute approximate surface area is 149 Å². The molecular formula is C19H19N3O2S. The molecule has 0 aliphatic heterocycles. The lowest BCUT2D eigenvalue weighted by Crippen LogP contribution is -2.30. The number of hydrogen-bond acceptors (Lipinski definition) is 4. The molecule has 5 nitrogen and oxygen atoms in total. The lowest BCUT2D eigenvalue weighted by molar-refractivity contribution is -0.126. The van der Waals surface area contributed by atoms with Gasteiger partial charge < -0.3 is 9.88 Å². The van der Waals surface area contributed by atoms with E-state index in [-0.39, 0.29) is 18.0 Å². The minimum absolute atomic E-state index is 0.107. The molecule has 0 fully saturated rings. The van der Waals surface area contributed by atoms with Gasteiger partial charge in [0, 0.05) is 22.4 Å². The summed E-state index contributed by atoms with van der Waals surface area (Å²) in [6, 6.07) is 11.2. The Balaban J connectivity index is 1.78. The lowest BCUT2D eigenvalue weighted by Gasteiger charge is -2.18. The number of aryl methyl sites for hydroxylation is 1. The van der Waals surface area contributed by atoms with Crippen molar-refractivity contribution in [3.05, 3.63) is 68.4 Å². The molecule has 0 saturated heterocycles. The van der Waals surface area contributed by atoms with Crippen LogP contribution in [0.2, 0.25) is 0 Å². The third kappa shape index (κ3) is 4.03. The number of aromatic nitrogens is 2. The number of benzene rings is 1. The Morgan fingerprint density at radius 3 is 2.80 bits per heavy atom. The number of likely N-dealkylation sites (N-methyl/N-ethyl adjacent to an activating group) is 1. The van der Waals surface area contributed by atoms with Crippen LogP contribution < -0.4 is 5.56 Å². The molecule has 0 atom stereocenters. The first kappa shape index (κ1) is 17.1. The van der Waals surface area contributed by atoms with Crippen molar-refractivity contribution in [2.45, 2.75) is 20.4 Å². The molecule has 1 aromatic carbocycles. The molecule has 3 rings (SSSR count). The molecule has 1 amide bonds. The van der Waals surface area contributed by atoms with Gasteiger partial charge >= 0.3 is 0 Å². The first-order valence-corrected chi connectivity index (χ1v) is 8.90. The van der Waals surface area contributed by atoms with Gasteiger partial charge in [0.25, 0.3) is 5.56 Å². The van der Waals surface area contributed by atoms with Gasteiger partial charge in [0.2, 0.25) is 5.91 Å². The molecule has 128 valence electrons. The van der Waals surface area contributed by atoms with Crippen LogP contribution >= 0.6 is 11.3 Å².